The maximum Gasteiger partial charge on any atom is 0.259 e. The molecule has 2 N–H and O–H groups in total. The Labute approximate surface area is 105 Å². The standard InChI is InChI=1S/C12H14ClN3O/c1-2-3-4-11-15-12(17-16-11)9-7-8(14)5-6-10(9)13/h5-7H,2-4,14H2,1H3. The van der Waals surface area contributed by atoms with E-state index in [9.17, 15) is 0 Å². The van der Waals surface area contributed by atoms with E-state index in [2.05, 4.69) is 17.1 Å². The second-order valence-electron chi connectivity index (χ2n) is 3.86. The summed E-state index contributed by atoms with van der Waals surface area (Å²) in [6.07, 6.45) is 2.96. The highest BCUT2D eigenvalue weighted by atomic mass is 35.5. The van der Waals surface area contributed by atoms with Crippen LogP contribution in [-0.4, -0.2) is 10.1 Å². The van der Waals surface area contributed by atoms with Crippen LogP contribution in [0.4, 0.5) is 5.69 Å². The molecule has 0 atom stereocenters. The maximum atomic E-state index is 6.06. The summed E-state index contributed by atoms with van der Waals surface area (Å²) in [6.45, 7) is 2.12. The molecule has 1 aromatic heterocycles. The lowest BCUT2D eigenvalue weighted by molar-refractivity contribution is 0.421. The molecular formula is C12H14ClN3O. The molecule has 2 rings (SSSR count). The molecule has 4 nitrogen and oxygen atoms in total. The molecule has 0 fully saturated rings. The molecule has 0 saturated heterocycles. The van der Waals surface area contributed by atoms with Crippen LogP contribution in [0.5, 0.6) is 0 Å². The van der Waals surface area contributed by atoms with E-state index in [1.807, 2.05) is 0 Å². The van der Waals surface area contributed by atoms with Gasteiger partial charge in [0.2, 0.25) is 0 Å². The second-order valence-corrected chi connectivity index (χ2v) is 4.27. The predicted octanol–water partition coefficient (Wildman–Crippen LogP) is 3.31. The molecule has 0 unspecified atom stereocenters. The van der Waals surface area contributed by atoms with E-state index >= 15 is 0 Å². The fourth-order valence-corrected chi connectivity index (χ4v) is 1.70. The summed E-state index contributed by atoms with van der Waals surface area (Å²) in [4.78, 5) is 4.30. The van der Waals surface area contributed by atoms with Gasteiger partial charge in [0.15, 0.2) is 5.82 Å². The Kier molecular flexibility index (Phi) is 3.64. The molecule has 2 aromatic rings. The van der Waals surface area contributed by atoms with Crippen LogP contribution in [0.1, 0.15) is 25.6 Å². The number of benzene rings is 1. The van der Waals surface area contributed by atoms with Crippen molar-refractivity contribution in [2.24, 2.45) is 0 Å². The van der Waals surface area contributed by atoms with Gasteiger partial charge in [0.25, 0.3) is 5.89 Å². The molecule has 1 aromatic carbocycles. The Morgan fingerprint density at radius 1 is 1.41 bits per heavy atom. The summed E-state index contributed by atoms with van der Waals surface area (Å²) in [6, 6.07) is 5.20. The Morgan fingerprint density at radius 2 is 2.24 bits per heavy atom. The monoisotopic (exact) mass is 251 g/mol. The second kappa shape index (κ2) is 5.19. The van der Waals surface area contributed by atoms with Crippen LogP contribution in [0.2, 0.25) is 5.02 Å². The molecule has 0 radical (unpaired) electrons. The van der Waals surface area contributed by atoms with Crippen LogP contribution in [0.25, 0.3) is 11.5 Å². The lowest BCUT2D eigenvalue weighted by Gasteiger charge is -1.99. The van der Waals surface area contributed by atoms with E-state index in [-0.39, 0.29) is 0 Å². The third-order valence-corrected chi connectivity index (χ3v) is 2.77. The first kappa shape index (κ1) is 11.9. The average molecular weight is 252 g/mol. The first-order valence-electron chi connectivity index (χ1n) is 5.58. The van der Waals surface area contributed by atoms with Gasteiger partial charge in [-0.25, -0.2) is 0 Å². The van der Waals surface area contributed by atoms with E-state index in [4.69, 9.17) is 21.9 Å². The van der Waals surface area contributed by atoms with Crippen LogP contribution in [0.15, 0.2) is 22.7 Å². The number of unbranched alkanes of at least 4 members (excludes halogenated alkanes) is 1. The summed E-state index contributed by atoms with van der Waals surface area (Å²) < 4.78 is 5.18. The SMILES string of the molecule is CCCCc1noc(-c2cc(N)ccc2Cl)n1. The number of nitrogens with two attached hydrogens (primary N) is 1. The quantitative estimate of drug-likeness (QED) is 0.847. The highest BCUT2D eigenvalue weighted by molar-refractivity contribution is 6.33. The molecular weight excluding hydrogens is 238 g/mol. The lowest BCUT2D eigenvalue weighted by atomic mass is 10.2. The zero-order valence-electron chi connectivity index (χ0n) is 9.61. The summed E-state index contributed by atoms with van der Waals surface area (Å²) in [5.74, 6) is 1.13. The van der Waals surface area contributed by atoms with Crippen LogP contribution in [0, 0.1) is 0 Å². The number of halogens is 1. The van der Waals surface area contributed by atoms with Crippen molar-refractivity contribution in [1.29, 1.82) is 0 Å². The van der Waals surface area contributed by atoms with Crippen molar-refractivity contribution in [1.82, 2.24) is 10.1 Å². The molecule has 0 aliphatic heterocycles. The minimum absolute atomic E-state index is 0.424. The minimum Gasteiger partial charge on any atom is -0.399 e. The van der Waals surface area contributed by atoms with Gasteiger partial charge in [-0.3, -0.25) is 0 Å². The number of hydrogen-bond donors (Lipinski definition) is 1. The molecule has 5 heteroatoms. The number of hydrogen-bond acceptors (Lipinski definition) is 4. The van der Waals surface area contributed by atoms with Gasteiger partial charge in [-0.05, 0) is 24.6 Å². The highest BCUT2D eigenvalue weighted by Gasteiger charge is 2.12. The fraction of sp³-hybridized carbons (Fsp3) is 0.333. The molecule has 1 heterocycles. The summed E-state index contributed by atoms with van der Waals surface area (Å²) in [5, 5.41) is 4.48. The van der Waals surface area contributed by atoms with Gasteiger partial charge in [-0.1, -0.05) is 30.1 Å². The van der Waals surface area contributed by atoms with Crippen molar-refractivity contribution in [2.75, 3.05) is 5.73 Å². The number of aromatic nitrogens is 2. The lowest BCUT2D eigenvalue weighted by Crippen LogP contribution is -1.89. The van der Waals surface area contributed by atoms with Gasteiger partial charge in [0.1, 0.15) is 0 Å². The molecule has 90 valence electrons. The normalized spacial score (nSPS) is 10.7. The zero-order chi connectivity index (χ0) is 12.3. The zero-order valence-corrected chi connectivity index (χ0v) is 10.4. The van der Waals surface area contributed by atoms with Crippen molar-refractivity contribution >= 4 is 17.3 Å². The predicted molar refractivity (Wildman–Crippen MR) is 67.8 cm³/mol. The Bertz CT molecular complexity index is 510. The largest absolute Gasteiger partial charge is 0.399 e. The average Bonchev–Trinajstić information content (AvgIpc) is 2.78. The van der Waals surface area contributed by atoms with Crippen molar-refractivity contribution in [2.45, 2.75) is 26.2 Å². The van der Waals surface area contributed by atoms with Gasteiger partial charge < -0.3 is 10.3 Å². The van der Waals surface area contributed by atoms with Crippen molar-refractivity contribution in [3.8, 4) is 11.5 Å². The number of nitrogens with zero attached hydrogens (tertiary/aromatic N) is 2. The van der Waals surface area contributed by atoms with Gasteiger partial charge in [-0.15, -0.1) is 0 Å². The summed E-state index contributed by atoms with van der Waals surface area (Å²) in [5.41, 5.74) is 7.01. The molecule has 0 spiro atoms. The molecule has 0 saturated carbocycles. The third-order valence-electron chi connectivity index (χ3n) is 2.44. The van der Waals surface area contributed by atoms with Crippen LogP contribution in [0.3, 0.4) is 0 Å². The van der Waals surface area contributed by atoms with Crippen molar-refractivity contribution < 1.29 is 4.52 Å². The number of nitrogen functional groups attached to an aromatic ring is 1. The maximum absolute atomic E-state index is 6.06. The molecule has 17 heavy (non-hydrogen) atoms. The molecule has 0 aliphatic carbocycles. The van der Waals surface area contributed by atoms with Gasteiger partial charge in [-0.2, -0.15) is 4.98 Å². The molecule has 0 aliphatic rings. The van der Waals surface area contributed by atoms with Crippen LogP contribution >= 0.6 is 11.6 Å². The third kappa shape index (κ3) is 2.77. The fourth-order valence-electron chi connectivity index (χ4n) is 1.51. The van der Waals surface area contributed by atoms with Crippen molar-refractivity contribution in [3.63, 3.8) is 0 Å². The Morgan fingerprint density at radius 3 is 3.00 bits per heavy atom. The summed E-state index contributed by atoms with van der Waals surface area (Å²) in [7, 11) is 0. The minimum atomic E-state index is 0.424. The van der Waals surface area contributed by atoms with E-state index in [1.165, 1.54) is 0 Å². The number of aryl methyl sites for hydroxylation is 1. The Hall–Kier alpha value is -1.55. The van der Waals surface area contributed by atoms with Gasteiger partial charge in [0, 0.05) is 12.1 Å². The van der Waals surface area contributed by atoms with Gasteiger partial charge >= 0.3 is 0 Å². The topological polar surface area (TPSA) is 64.9 Å². The number of anilines is 1. The van der Waals surface area contributed by atoms with Gasteiger partial charge in [0.05, 0.1) is 10.6 Å². The first-order chi connectivity index (χ1) is 8.20. The highest BCUT2D eigenvalue weighted by Crippen LogP contribution is 2.28. The van der Waals surface area contributed by atoms with E-state index in [1.54, 1.807) is 18.2 Å². The smallest absolute Gasteiger partial charge is 0.259 e. The molecule has 0 amide bonds. The van der Waals surface area contributed by atoms with E-state index in [0.717, 1.165) is 19.3 Å². The van der Waals surface area contributed by atoms with E-state index < -0.39 is 0 Å². The number of rotatable bonds is 4. The van der Waals surface area contributed by atoms with Crippen molar-refractivity contribution in [3.05, 3.63) is 29.0 Å². The van der Waals surface area contributed by atoms with Crippen LogP contribution in [-0.2, 0) is 6.42 Å². The first-order valence-corrected chi connectivity index (χ1v) is 5.96. The Balaban J connectivity index is 2.27. The van der Waals surface area contributed by atoms with E-state index in [0.29, 0.717) is 28.0 Å². The van der Waals surface area contributed by atoms with Crippen LogP contribution < -0.4 is 5.73 Å². The molecule has 0 bridgehead atoms. The summed E-state index contributed by atoms with van der Waals surface area (Å²) >= 11 is 6.06.